The lowest BCUT2D eigenvalue weighted by Crippen LogP contribution is -2.70. The number of nitrogens with one attached hydrogen (secondary N) is 2. The summed E-state index contributed by atoms with van der Waals surface area (Å²) in [5.41, 5.74) is 0. The number of ether oxygens (including phenoxy) is 7. The molecule has 50 heavy (non-hydrogen) atoms. The molecule has 22 nitrogen and oxygen atoms in total. The molecule has 4 fully saturated rings. The Morgan fingerprint density at radius 1 is 0.560 bits per heavy atom. The van der Waals surface area contributed by atoms with Crippen LogP contribution < -0.4 is 10.6 Å². The largest absolute Gasteiger partial charge is 0.394 e. The molecule has 0 radical (unpaired) electrons. The molecule has 290 valence electrons. The maximum Gasteiger partial charge on any atom is 0.217 e. The Morgan fingerprint density at radius 2 is 1.08 bits per heavy atom. The Morgan fingerprint density at radius 3 is 1.68 bits per heavy atom. The Bertz CT molecular complexity index is 1120. The summed E-state index contributed by atoms with van der Waals surface area (Å²) < 4.78 is 39.6. The molecule has 4 heterocycles. The number of aliphatic hydroxyl groups is 11. The summed E-state index contributed by atoms with van der Waals surface area (Å²) in [4.78, 5) is 24.3. The summed E-state index contributed by atoms with van der Waals surface area (Å²) in [5.74, 6) is -1.43. The van der Waals surface area contributed by atoms with E-state index in [-0.39, 0.29) is 0 Å². The summed E-state index contributed by atoms with van der Waals surface area (Å²) in [6.07, 6.45) is -29.9. The van der Waals surface area contributed by atoms with E-state index in [1.165, 1.54) is 6.92 Å². The molecule has 0 spiro atoms. The molecule has 4 aliphatic heterocycles. The molecule has 4 saturated heterocycles. The first-order valence-electron chi connectivity index (χ1n) is 15.9. The molecule has 0 aromatic rings. The fourth-order valence-electron chi connectivity index (χ4n) is 6.19. The van der Waals surface area contributed by atoms with Gasteiger partial charge in [-0.3, -0.25) is 9.59 Å². The van der Waals surface area contributed by atoms with Crippen molar-refractivity contribution in [1.82, 2.24) is 10.6 Å². The second-order valence-electron chi connectivity index (χ2n) is 12.6. The van der Waals surface area contributed by atoms with E-state index < -0.39 is 154 Å². The van der Waals surface area contributed by atoms with Crippen LogP contribution in [0.4, 0.5) is 0 Å². The average molecular weight is 733 g/mol. The van der Waals surface area contributed by atoms with Gasteiger partial charge in [0.25, 0.3) is 0 Å². The van der Waals surface area contributed by atoms with E-state index in [2.05, 4.69) is 10.6 Å². The third kappa shape index (κ3) is 8.87. The highest BCUT2D eigenvalue weighted by molar-refractivity contribution is 5.73. The van der Waals surface area contributed by atoms with Crippen molar-refractivity contribution in [2.75, 3.05) is 19.8 Å². The summed E-state index contributed by atoms with van der Waals surface area (Å²) in [5, 5.41) is 119. The highest BCUT2D eigenvalue weighted by atomic mass is 16.7. The van der Waals surface area contributed by atoms with Crippen molar-refractivity contribution < 1.29 is 98.9 Å². The number of rotatable bonds is 11. The molecular weight excluding hydrogens is 684 g/mol. The Balaban J connectivity index is 1.63. The zero-order chi connectivity index (χ0) is 37.2. The Hall–Kier alpha value is -1.78. The summed E-state index contributed by atoms with van der Waals surface area (Å²) >= 11 is 0. The highest BCUT2D eigenvalue weighted by Gasteiger charge is 2.55. The lowest BCUT2D eigenvalue weighted by Gasteiger charge is -2.50. The zero-order valence-electron chi connectivity index (χ0n) is 27.3. The minimum atomic E-state index is -1.94. The second kappa shape index (κ2) is 17.4. The van der Waals surface area contributed by atoms with Gasteiger partial charge >= 0.3 is 0 Å². The third-order valence-corrected chi connectivity index (χ3v) is 8.95. The van der Waals surface area contributed by atoms with Crippen LogP contribution in [0.25, 0.3) is 0 Å². The van der Waals surface area contributed by atoms with Crippen LogP contribution in [0.15, 0.2) is 0 Å². The quantitative estimate of drug-likeness (QED) is 0.0938. The molecule has 0 saturated carbocycles. The van der Waals surface area contributed by atoms with E-state index in [0.29, 0.717) is 0 Å². The van der Waals surface area contributed by atoms with Crippen LogP contribution in [0, 0.1) is 0 Å². The number of hydrogen-bond donors (Lipinski definition) is 13. The van der Waals surface area contributed by atoms with Crippen LogP contribution >= 0.6 is 0 Å². The molecule has 0 unspecified atom stereocenters. The Labute approximate surface area is 285 Å². The molecular formula is C28H48N2O20. The van der Waals surface area contributed by atoms with E-state index in [1.54, 1.807) is 0 Å². The first kappa shape index (κ1) is 41.0. The highest BCUT2D eigenvalue weighted by Crippen LogP contribution is 2.33. The summed E-state index contributed by atoms with van der Waals surface area (Å²) in [6, 6.07) is -3.09. The van der Waals surface area contributed by atoms with Gasteiger partial charge in [0, 0.05) is 13.8 Å². The molecule has 13 N–H and O–H groups in total. The topological polar surface area (TPSA) is 345 Å². The van der Waals surface area contributed by atoms with E-state index in [0.717, 1.165) is 13.8 Å². The molecule has 0 bridgehead atoms. The average Bonchev–Trinajstić information content (AvgIpc) is 3.06. The number of amides is 2. The van der Waals surface area contributed by atoms with Crippen molar-refractivity contribution >= 4 is 11.8 Å². The molecule has 4 rings (SSSR count). The van der Waals surface area contributed by atoms with Crippen LogP contribution in [-0.2, 0) is 42.7 Å². The molecule has 4 aliphatic rings. The molecule has 0 aromatic heterocycles. The van der Waals surface area contributed by atoms with E-state index in [9.17, 15) is 65.8 Å². The number of aliphatic hydroxyl groups excluding tert-OH is 11. The van der Waals surface area contributed by atoms with Crippen molar-refractivity contribution in [3.05, 3.63) is 0 Å². The van der Waals surface area contributed by atoms with Gasteiger partial charge in [-0.2, -0.15) is 0 Å². The lowest BCUT2D eigenvalue weighted by atomic mass is 9.94. The van der Waals surface area contributed by atoms with Gasteiger partial charge in [0.2, 0.25) is 11.8 Å². The molecule has 20 atom stereocenters. The van der Waals surface area contributed by atoms with Crippen molar-refractivity contribution in [2.24, 2.45) is 0 Å². The SMILES string of the molecule is CC(=O)N[C@@H]1[C@@H](O)[C@H](O[C@@H]2O[C@H](CO)[C@@H](O)[C@H](O[C@@H]3O[C@H](CO)[C@@H](O)[C@H](O)[C@@H]3O)[C@H]2NC(C)=O)[C@@H](CO[C@@H]2O[C@@H](C)[C@@H](O)[C@@H](O)[C@@H]2O)O[C@H]1O. The minimum absolute atomic E-state index is 0.642. The fraction of sp³-hybridized carbons (Fsp3) is 0.929. The minimum Gasteiger partial charge on any atom is -0.394 e. The molecule has 22 heteroatoms. The fourth-order valence-corrected chi connectivity index (χ4v) is 6.19. The number of carbonyl (C=O) groups is 2. The molecule has 0 aromatic carbocycles. The Kier molecular flexibility index (Phi) is 14.2. The number of hydrogen-bond acceptors (Lipinski definition) is 20. The van der Waals surface area contributed by atoms with Crippen LogP contribution in [0.5, 0.6) is 0 Å². The van der Waals surface area contributed by atoms with Crippen molar-refractivity contribution in [3.8, 4) is 0 Å². The smallest absolute Gasteiger partial charge is 0.217 e. The predicted molar refractivity (Wildman–Crippen MR) is 156 cm³/mol. The lowest BCUT2D eigenvalue weighted by molar-refractivity contribution is -0.361. The molecule has 0 aliphatic carbocycles. The van der Waals surface area contributed by atoms with Crippen molar-refractivity contribution in [2.45, 2.75) is 143 Å². The maximum absolute atomic E-state index is 12.4. The first-order valence-corrected chi connectivity index (χ1v) is 15.9. The van der Waals surface area contributed by atoms with Gasteiger partial charge in [-0.05, 0) is 6.92 Å². The molecule has 2 amide bonds. The standard InChI is InChI=1S/C28H48N2O20/c1-7-15(35)19(39)21(41)27(45-7)44-6-12-23(18(38)13(25(43)46-12)29-8(2)33)49-26-14(30-9(3)34)24(17(37)11(5-32)47-26)50-28-22(42)20(40)16(36)10(4-31)48-28/h7,10-28,31-32,35-43H,4-6H2,1-3H3,(H,29,33)(H,30,34)/t7-,10+,11+,12+,13+,14+,15+,16+,17+,18+,19+,20-,21-,22-,23+,24+,25+,26-,27+,28-/m0/s1. The van der Waals surface area contributed by atoms with Crippen LogP contribution in [-0.4, -0.2) is 211 Å². The van der Waals surface area contributed by atoms with Crippen molar-refractivity contribution in [1.29, 1.82) is 0 Å². The van der Waals surface area contributed by atoms with Crippen molar-refractivity contribution in [3.63, 3.8) is 0 Å². The van der Waals surface area contributed by atoms with Gasteiger partial charge in [-0.15, -0.1) is 0 Å². The van der Waals surface area contributed by atoms with E-state index in [4.69, 9.17) is 33.2 Å². The number of carbonyl (C=O) groups excluding carboxylic acids is 2. The second-order valence-corrected chi connectivity index (χ2v) is 12.6. The summed E-state index contributed by atoms with van der Waals surface area (Å²) in [6.45, 7) is 1.24. The van der Waals surface area contributed by atoms with Crippen LogP contribution in [0.2, 0.25) is 0 Å². The van der Waals surface area contributed by atoms with Crippen LogP contribution in [0.1, 0.15) is 20.8 Å². The van der Waals surface area contributed by atoms with Gasteiger partial charge in [0.1, 0.15) is 91.4 Å². The van der Waals surface area contributed by atoms with Gasteiger partial charge in [0.05, 0.1) is 25.9 Å². The van der Waals surface area contributed by atoms with E-state index in [1.807, 2.05) is 0 Å². The van der Waals surface area contributed by atoms with Gasteiger partial charge in [0.15, 0.2) is 25.2 Å². The van der Waals surface area contributed by atoms with Gasteiger partial charge < -0.3 is 100.0 Å². The van der Waals surface area contributed by atoms with Gasteiger partial charge in [-0.25, -0.2) is 0 Å². The predicted octanol–water partition coefficient (Wildman–Crippen LogP) is -8.43. The third-order valence-electron chi connectivity index (χ3n) is 8.95. The van der Waals surface area contributed by atoms with Crippen LogP contribution in [0.3, 0.4) is 0 Å². The summed E-state index contributed by atoms with van der Waals surface area (Å²) in [7, 11) is 0. The maximum atomic E-state index is 12.4. The normalized spacial score (nSPS) is 48.5. The van der Waals surface area contributed by atoms with E-state index >= 15 is 0 Å². The first-order chi connectivity index (χ1) is 23.5. The monoisotopic (exact) mass is 732 g/mol. The zero-order valence-corrected chi connectivity index (χ0v) is 27.3. The van der Waals surface area contributed by atoms with Gasteiger partial charge in [-0.1, -0.05) is 0 Å².